The molecule has 2 N–H and O–H groups in total. The van der Waals surface area contributed by atoms with Gasteiger partial charge in [0.2, 0.25) is 0 Å². The van der Waals surface area contributed by atoms with Crippen LogP contribution < -0.4 is 5.63 Å². The Morgan fingerprint density at radius 3 is 2.00 bits per heavy atom. The molecule has 1 aliphatic heterocycles. The molecule has 0 radical (unpaired) electrons. The van der Waals surface area contributed by atoms with Gasteiger partial charge in [-0.15, -0.1) is 0 Å². The maximum absolute atomic E-state index is 11.4. The van der Waals surface area contributed by atoms with Crippen LogP contribution in [0.1, 0.15) is 186 Å². The highest BCUT2D eigenvalue weighted by Crippen LogP contribution is 2.77. The molecule has 1 spiro atoms. The molecule has 1 aromatic rings. The minimum absolute atomic E-state index is 0.0285. The van der Waals surface area contributed by atoms with Gasteiger partial charge >= 0.3 is 11.6 Å². The van der Waals surface area contributed by atoms with E-state index in [-0.39, 0.29) is 22.7 Å². The van der Waals surface area contributed by atoms with E-state index in [0.29, 0.717) is 35.7 Å². The van der Waals surface area contributed by atoms with E-state index in [1.54, 1.807) is 12.3 Å². The Morgan fingerprint density at radius 2 is 1.42 bits per heavy atom. The SMILES string of the molecule is CCCCCCCCCCCCCCCCCC(=O)O.C[C@]12CC[C@H](O)C[C@H]1CC[C@@H]1[C@@H]2CC[C@]2(C)[C@@H](c3ccc(=O)oc3)C[C@H]3O[C@]132. The Hall–Kier alpha value is -1.66. The molecular formula is C42H68O6. The lowest BCUT2D eigenvalue weighted by atomic mass is 9.44. The van der Waals surface area contributed by atoms with Gasteiger partial charge in [-0.05, 0) is 98.5 Å². The second-order valence-corrected chi connectivity index (χ2v) is 17.0. The van der Waals surface area contributed by atoms with Crippen LogP contribution in [0.15, 0.2) is 27.6 Å². The number of hydrogen-bond donors (Lipinski definition) is 2. The van der Waals surface area contributed by atoms with Crippen LogP contribution in [0.3, 0.4) is 0 Å². The van der Waals surface area contributed by atoms with Crippen molar-refractivity contribution in [3.63, 3.8) is 0 Å². The van der Waals surface area contributed by atoms with Crippen molar-refractivity contribution in [1.29, 1.82) is 0 Å². The number of epoxide rings is 1. The van der Waals surface area contributed by atoms with Gasteiger partial charge in [0.1, 0.15) is 5.60 Å². The van der Waals surface area contributed by atoms with E-state index < -0.39 is 5.97 Å². The first-order valence-electron chi connectivity index (χ1n) is 20.3. The largest absolute Gasteiger partial charge is 0.481 e. The molecule has 0 unspecified atom stereocenters. The highest BCUT2D eigenvalue weighted by molar-refractivity contribution is 5.66. The van der Waals surface area contributed by atoms with E-state index >= 15 is 0 Å². The zero-order valence-electron chi connectivity index (χ0n) is 30.7. The Kier molecular flexibility index (Phi) is 13.3. The highest BCUT2D eigenvalue weighted by Gasteiger charge is 2.80. The summed E-state index contributed by atoms with van der Waals surface area (Å²) in [5.74, 6) is 1.82. The van der Waals surface area contributed by atoms with E-state index in [4.69, 9.17) is 14.3 Å². The van der Waals surface area contributed by atoms with Gasteiger partial charge in [0, 0.05) is 17.9 Å². The molecule has 2 heterocycles. The molecule has 0 bridgehead atoms. The zero-order chi connectivity index (χ0) is 34.2. The summed E-state index contributed by atoms with van der Waals surface area (Å²) in [7, 11) is 0. The minimum Gasteiger partial charge on any atom is -0.481 e. The monoisotopic (exact) mass is 669 g/mol. The predicted molar refractivity (Wildman–Crippen MR) is 192 cm³/mol. The number of carboxylic acids is 1. The Morgan fingerprint density at radius 1 is 0.792 bits per heavy atom. The number of aliphatic carboxylic acids is 1. The van der Waals surface area contributed by atoms with Crippen molar-refractivity contribution in [2.45, 2.75) is 199 Å². The summed E-state index contributed by atoms with van der Waals surface area (Å²) >= 11 is 0. The second-order valence-electron chi connectivity index (χ2n) is 17.0. The number of aliphatic hydroxyl groups excluding tert-OH is 1. The van der Waals surface area contributed by atoms with Crippen LogP contribution in [-0.4, -0.2) is 34.0 Å². The van der Waals surface area contributed by atoms with E-state index in [9.17, 15) is 14.7 Å². The molecule has 6 heteroatoms. The third kappa shape index (κ3) is 8.27. The normalized spacial score (nSPS) is 36.2. The first-order valence-corrected chi connectivity index (χ1v) is 20.3. The summed E-state index contributed by atoms with van der Waals surface area (Å²) in [4.78, 5) is 21.8. The van der Waals surface area contributed by atoms with Crippen LogP contribution in [0.5, 0.6) is 0 Å². The van der Waals surface area contributed by atoms with Gasteiger partial charge in [0.15, 0.2) is 0 Å². The van der Waals surface area contributed by atoms with Crippen LogP contribution in [-0.2, 0) is 9.53 Å². The summed E-state index contributed by atoms with van der Waals surface area (Å²) < 4.78 is 11.8. The van der Waals surface area contributed by atoms with Crippen LogP contribution >= 0.6 is 0 Å². The summed E-state index contributed by atoms with van der Waals surface area (Å²) in [6.45, 7) is 7.24. The van der Waals surface area contributed by atoms with Crippen molar-refractivity contribution < 1.29 is 24.2 Å². The average molecular weight is 669 g/mol. The van der Waals surface area contributed by atoms with Crippen LogP contribution in [0.4, 0.5) is 0 Å². The topological polar surface area (TPSA) is 100 Å². The third-order valence-corrected chi connectivity index (χ3v) is 14.2. The maximum Gasteiger partial charge on any atom is 0.335 e. The van der Waals surface area contributed by atoms with Crippen LogP contribution in [0.2, 0.25) is 0 Å². The van der Waals surface area contributed by atoms with Gasteiger partial charge in [-0.25, -0.2) is 4.79 Å². The van der Waals surface area contributed by atoms with Crippen LogP contribution in [0.25, 0.3) is 0 Å². The number of hydrogen-bond acceptors (Lipinski definition) is 5. The fraction of sp³-hybridized carbons (Fsp3) is 0.857. The first kappa shape index (κ1) is 37.6. The molecule has 9 atom stereocenters. The van der Waals surface area contributed by atoms with Gasteiger partial charge in [-0.1, -0.05) is 111 Å². The summed E-state index contributed by atoms with van der Waals surface area (Å²) in [5.41, 5.74) is 1.44. The van der Waals surface area contributed by atoms with Crippen molar-refractivity contribution in [3.05, 3.63) is 34.4 Å². The van der Waals surface area contributed by atoms with Crippen molar-refractivity contribution >= 4 is 5.97 Å². The standard InChI is InChI=1S/C24H32O4.C18H36O2/c1-22-9-7-16(25)11-15(22)4-5-18-17(22)8-10-23(2)19(12-20-24(18,23)28-20)14-3-6-21(26)27-13-14;1-2-3-4-5-6-7-8-9-10-11-12-13-14-15-16-17-18(19)20/h3,6,13,15-20,25H,4-5,7-12H2,1-2H3;2-17H2,1H3,(H,19,20)/t15-,16+,17+,18-,19-,20-,22+,23-,24-;/m1./s1. The van der Waals surface area contributed by atoms with Gasteiger partial charge in [-0.2, -0.15) is 0 Å². The fourth-order valence-corrected chi connectivity index (χ4v) is 11.4. The number of unbranched alkanes of at least 4 members (excludes halogenated alkanes) is 14. The number of carbonyl (C=O) groups is 1. The molecule has 1 saturated heterocycles. The Labute approximate surface area is 291 Å². The third-order valence-electron chi connectivity index (χ3n) is 14.2. The van der Waals surface area contributed by atoms with Gasteiger partial charge in [-0.3, -0.25) is 4.79 Å². The smallest absolute Gasteiger partial charge is 0.335 e. The van der Waals surface area contributed by atoms with E-state index in [0.717, 1.165) is 38.0 Å². The molecule has 5 aliphatic rings. The molecule has 4 aliphatic carbocycles. The summed E-state index contributed by atoms with van der Waals surface area (Å²) in [6.07, 6.45) is 31.3. The molecule has 272 valence electrons. The summed E-state index contributed by atoms with van der Waals surface area (Å²) in [5, 5.41) is 18.8. The number of rotatable bonds is 17. The number of ether oxygens (including phenoxy) is 1. The van der Waals surface area contributed by atoms with Gasteiger partial charge < -0.3 is 19.4 Å². The lowest BCUT2D eigenvalue weighted by Gasteiger charge is -2.61. The predicted octanol–water partition coefficient (Wildman–Crippen LogP) is 10.6. The van der Waals surface area contributed by atoms with Crippen molar-refractivity contribution in [1.82, 2.24) is 0 Å². The molecule has 0 amide bonds. The Bertz CT molecular complexity index is 1190. The van der Waals surface area contributed by atoms with Crippen LogP contribution in [0, 0.1) is 28.6 Å². The Balaban J connectivity index is 0.000000202. The zero-order valence-corrected chi connectivity index (χ0v) is 30.7. The van der Waals surface area contributed by atoms with Crippen molar-refractivity contribution in [2.24, 2.45) is 28.6 Å². The highest BCUT2D eigenvalue weighted by atomic mass is 16.6. The lowest BCUT2D eigenvalue weighted by molar-refractivity contribution is -0.139. The molecule has 48 heavy (non-hydrogen) atoms. The quantitative estimate of drug-likeness (QED) is 0.127. The van der Waals surface area contributed by atoms with Crippen molar-refractivity contribution in [3.8, 4) is 0 Å². The molecule has 0 aromatic carbocycles. The summed E-state index contributed by atoms with van der Waals surface area (Å²) in [6, 6.07) is 3.55. The van der Waals surface area contributed by atoms with E-state index in [1.165, 1.54) is 121 Å². The van der Waals surface area contributed by atoms with Gasteiger partial charge in [0.05, 0.1) is 18.5 Å². The molecule has 6 rings (SSSR count). The maximum atomic E-state index is 11.4. The fourth-order valence-electron chi connectivity index (χ4n) is 11.4. The van der Waals surface area contributed by atoms with Crippen molar-refractivity contribution in [2.75, 3.05) is 0 Å². The van der Waals surface area contributed by atoms with Gasteiger partial charge in [0.25, 0.3) is 0 Å². The number of carboxylic acid groups (broad SMARTS) is 1. The molecule has 1 aromatic heterocycles. The average Bonchev–Trinajstić information content (AvgIpc) is 3.73. The first-order chi connectivity index (χ1) is 23.2. The van der Waals surface area contributed by atoms with E-state index in [2.05, 4.69) is 20.8 Å². The second kappa shape index (κ2) is 17.0. The lowest BCUT2D eigenvalue weighted by Crippen LogP contribution is -2.58. The molecular weight excluding hydrogens is 600 g/mol. The molecule has 5 fully saturated rings. The molecule has 4 saturated carbocycles. The minimum atomic E-state index is -0.653. The number of aliphatic hydroxyl groups is 1. The molecule has 6 nitrogen and oxygen atoms in total. The number of fused-ring (bicyclic) bond motifs is 3. The van der Waals surface area contributed by atoms with E-state index in [1.807, 2.05) is 6.07 Å².